The van der Waals surface area contributed by atoms with Gasteiger partial charge in [0, 0.05) is 6.54 Å². The summed E-state index contributed by atoms with van der Waals surface area (Å²) in [5.74, 6) is 0.546. The Labute approximate surface area is 121 Å². The molecule has 0 saturated carbocycles. The van der Waals surface area contributed by atoms with Crippen molar-refractivity contribution in [3.63, 3.8) is 0 Å². The third kappa shape index (κ3) is 6.57. The molecule has 4 heteroatoms. The van der Waals surface area contributed by atoms with Crippen LogP contribution in [0.15, 0.2) is 24.3 Å². The zero-order valence-electron chi connectivity index (χ0n) is 12.6. The predicted molar refractivity (Wildman–Crippen MR) is 80.5 cm³/mol. The molecule has 0 amide bonds. The van der Waals surface area contributed by atoms with Crippen molar-refractivity contribution < 1.29 is 14.6 Å². The number of benzene rings is 1. The molecule has 20 heavy (non-hydrogen) atoms. The molecule has 0 radical (unpaired) electrons. The van der Waals surface area contributed by atoms with Crippen molar-refractivity contribution in [2.24, 2.45) is 5.92 Å². The minimum absolute atomic E-state index is 0.283. The number of aromatic carboxylic acids is 1. The predicted octanol–water partition coefficient (Wildman–Crippen LogP) is 3.13. The maximum Gasteiger partial charge on any atom is 0.335 e. The van der Waals surface area contributed by atoms with Gasteiger partial charge in [0.25, 0.3) is 0 Å². The van der Waals surface area contributed by atoms with Gasteiger partial charge in [-0.1, -0.05) is 13.8 Å². The van der Waals surface area contributed by atoms with Crippen LogP contribution in [-0.2, 0) is 0 Å². The van der Waals surface area contributed by atoms with E-state index in [-0.39, 0.29) is 5.56 Å². The summed E-state index contributed by atoms with van der Waals surface area (Å²) in [6.45, 7) is 7.25. The second-order valence-electron chi connectivity index (χ2n) is 5.52. The summed E-state index contributed by atoms with van der Waals surface area (Å²) >= 11 is 0. The van der Waals surface area contributed by atoms with E-state index in [1.165, 1.54) is 6.42 Å². The number of carboxylic acids is 1. The van der Waals surface area contributed by atoms with E-state index < -0.39 is 5.97 Å². The van der Waals surface area contributed by atoms with Gasteiger partial charge < -0.3 is 14.7 Å². The highest BCUT2D eigenvalue weighted by atomic mass is 16.5. The van der Waals surface area contributed by atoms with Crippen molar-refractivity contribution in [2.75, 3.05) is 26.7 Å². The molecule has 0 atom stereocenters. The van der Waals surface area contributed by atoms with Crippen LogP contribution in [-0.4, -0.2) is 42.7 Å². The fourth-order valence-corrected chi connectivity index (χ4v) is 1.81. The van der Waals surface area contributed by atoms with Crippen LogP contribution >= 0.6 is 0 Å². The largest absolute Gasteiger partial charge is 0.494 e. The van der Waals surface area contributed by atoms with Crippen LogP contribution in [0.2, 0.25) is 0 Å². The van der Waals surface area contributed by atoms with E-state index in [2.05, 4.69) is 25.8 Å². The zero-order chi connectivity index (χ0) is 15.0. The van der Waals surface area contributed by atoms with Gasteiger partial charge in [-0.15, -0.1) is 0 Å². The van der Waals surface area contributed by atoms with Gasteiger partial charge in [-0.25, -0.2) is 4.79 Å². The van der Waals surface area contributed by atoms with Gasteiger partial charge in [-0.05, 0) is 56.6 Å². The van der Waals surface area contributed by atoms with Gasteiger partial charge in [0.2, 0.25) is 0 Å². The standard InChI is InChI=1S/C16H25NO3/c1-13(2)9-11-17(3)10-4-12-20-15-7-5-14(6-8-15)16(18)19/h5-8,13H,4,9-12H2,1-3H3,(H,18,19). The lowest BCUT2D eigenvalue weighted by molar-refractivity contribution is 0.0697. The lowest BCUT2D eigenvalue weighted by Crippen LogP contribution is -2.23. The van der Waals surface area contributed by atoms with Crippen molar-refractivity contribution in [1.29, 1.82) is 0 Å². The first-order valence-corrected chi connectivity index (χ1v) is 7.13. The summed E-state index contributed by atoms with van der Waals surface area (Å²) in [6.07, 6.45) is 2.18. The third-order valence-electron chi connectivity index (χ3n) is 3.14. The minimum Gasteiger partial charge on any atom is -0.494 e. The van der Waals surface area contributed by atoms with E-state index in [0.717, 1.165) is 31.2 Å². The molecule has 0 heterocycles. The van der Waals surface area contributed by atoms with E-state index in [1.54, 1.807) is 24.3 Å². The number of carboxylic acid groups (broad SMARTS) is 1. The van der Waals surface area contributed by atoms with Gasteiger partial charge >= 0.3 is 5.97 Å². The molecule has 0 saturated heterocycles. The van der Waals surface area contributed by atoms with E-state index in [9.17, 15) is 4.79 Å². The van der Waals surface area contributed by atoms with Gasteiger partial charge in [0.15, 0.2) is 0 Å². The molecule has 0 fully saturated rings. The molecule has 0 aliphatic heterocycles. The molecule has 1 N–H and O–H groups in total. The highest BCUT2D eigenvalue weighted by Crippen LogP contribution is 2.12. The van der Waals surface area contributed by atoms with E-state index in [0.29, 0.717) is 6.61 Å². The van der Waals surface area contributed by atoms with Crippen LogP contribution in [0, 0.1) is 5.92 Å². The van der Waals surface area contributed by atoms with Gasteiger partial charge in [0.1, 0.15) is 5.75 Å². The topological polar surface area (TPSA) is 49.8 Å². The van der Waals surface area contributed by atoms with Crippen LogP contribution in [0.4, 0.5) is 0 Å². The number of hydrogen-bond donors (Lipinski definition) is 1. The molecule has 0 unspecified atom stereocenters. The Morgan fingerprint density at radius 1 is 1.25 bits per heavy atom. The highest BCUT2D eigenvalue weighted by Gasteiger charge is 2.03. The second-order valence-corrected chi connectivity index (χ2v) is 5.52. The van der Waals surface area contributed by atoms with Crippen molar-refractivity contribution in [2.45, 2.75) is 26.7 Å². The van der Waals surface area contributed by atoms with Crippen molar-refractivity contribution in [3.05, 3.63) is 29.8 Å². The molecule has 0 spiro atoms. The first kappa shape index (κ1) is 16.5. The smallest absolute Gasteiger partial charge is 0.335 e. The lowest BCUT2D eigenvalue weighted by atomic mass is 10.1. The zero-order valence-corrected chi connectivity index (χ0v) is 12.6. The first-order chi connectivity index (χ1) is 9.49. The molecule has 1 aromatic carbocycles. The summed E-state index contributed by atoms with van der Waals surface area (Å²) in [7, 11) is 2.13. The molecule has 0 aliphatic carbocycles. The molecule has 0 aromatic heterocycles. The molecule has 0 aliphatic rings. The summed E-state index contributed by atoms with van der Waals surface area (Å²) in [6, 6.07) is 6.52. The molecular weight excluding hydrogens is 254 g/mol. The molecule has 0 bridgehead atoms. The van der Waals surface area contributed by atoms with Crippen LogP contribution in [0.25, 0.3) is 0 Å². The average Bonchev–Trinajstić information content (AvgIpc) is 2.42. The van der Waals surface area contributed by atoms with Crippen LogP contribution in [0.1, 0.15) is 37.0 Å². The molecular formula is C16H25NO3. The number of ether oxygens (including phenoxy) is 1. The fraction of sp³-hybridized carbons (Fsp3) is 0.562. The van der Waals surface area contributed by atoms with E-state index in [1.807, 2.05) is 0 Å². The number of carbonyl (C=O) groups is 1. The normalized spacial score (nSPS) is 11.1. The summed E-state index contributed by atoms with van der Waals surface area (Å²) in [5.41, 5.74) is 0.283. The monoisotopic (exact) mass is 279 g/mol. The number of rotatable bonds is 9. The number of nitrogens with zero attached hydrogens (tertiary/aromatic N) is 1. The molecule has 1 aromatic rings. The Bertz CT molecular complexity index is 401. The van der Waals surface area contributed by atoms with Crippen molar-refractivity contribution in [1.82, 2.24) is 4.90 Å². The quantitative estimate of drug-likeness (QED) is 0.706. The maximum atomic E-state index is 10.7. The van der Waals surface area contributed by atoms with Gasteiger partial charge in [-0.3, -0.25) is 0 Å². The summed E-state index contributed by atoms with van der Waals surface area (Å²) < 4.78 is 5.60. The number of hydrogen-bond acceptors (Lipinski definition) is 3. The molecule has 1 rings (SSSR count). The molecule has 4 nitrogen and oxygen atoms in total. The minimum atomic E-state index is -0.914. The Kier molecular flexibility index (Phi) is 7.09. The maximum absolute atomic E-state index is 10.7. The summed E-state index contributed by atoms with van der Waals surface area (Å²) in [5, 5.41) is 8.79. The van der Waals surface area contributed by atoms with E-state index in [4.69, 9.17) is 9.84 Å². The molecule has 112 valence electrons. The van der Waals surface area contributed by atoms with Crippen LogP contribution in [0.3, 0.4) is 0 Å². The van der Waals surface area contributed by atoms with Crippen LogP contribution in [0.5, 0.6) is 5.75 Å². The van der Waals surface area contributed by atoms with Gasteiger partial charge in [0.05, 0.1) is 12.2 Å². The second kappa shape index (κ2) is 8.59. The van der Waals surface area contributed by atoms with E-state index >= 15 is 0 Å². The summed E-state index contributed by atoms with van der Waals surface area (Å²) in [4.78, 5) is 13.0. The Morgan fingerprint density at radius 2 is 1.90 bits per heavy atom. The highest BCUT2D eigenvalue weighted by molar-refractivity contribution is 5.87. The lowest BCUT2D eigenvalue weighted by Gasteiger charge is -2.17. The van der Waals surface area contributed by atoms with Crippen molar-refractivity contribution in [3.8, 4) is 5.75 Å². The average molecular weight is 279 g/mol. The first-order valence-electron chi connectivity index (χ1n) is 7.13. The SMILES string of the molecule is CC(C)CCN(C)CCCOc1ccc(C(=O)O)cc1. The Balaban J connectivity index is 2.19. The Morgan fingerprint density at radius 3 is 2.45 bits per heavy atom. The van der Waals surface area contributed by atoms with Gasteiger partial charge in [-0.2, -0.15) is 0 Å². The third-order valence-corrected chi connectivity index (χ3v) is 3.14. The Hall–Kier alpha value is -1.55. The fourth-order valence-electron chi connectivity index (χ4n) is 1.81. The van der Waals surface area contributed by atoms with Crippen molar-refractivity contribution >= 4 is 5.97 Å². The van der Waals surface area contributed by atoms with Crippen LogP contribution < -0.4 is 4.74 Å².